The largest absolute Gasteiger partial charge is 0.466 e. The number of hydrogen-bond donors (Lipinski definition) is 0. The minimum absolute atomic E-state index is 0.0383. The Morgan fingerprint density at radius 1 is 1.53 bits per heavy atom. The molecule has 4 nitrogen and oxygen atoms in total. The molecule has 0 unspecified atom stereocenters. The van der Waals surface area contributed by atoms with Crippen LogP contribution in [0.2, 0.25) is 5.02 Å². The van der Waals surface area contributed by atoms with Crippen molar-refractivity contribution in [2.24, 2.45) is 0 Å². The molecule has 0 aliphatic rings. The minimum atomic E-state index is -3.01. The average molecular weight is 290 g/mol. The highest BCUT2D eigenvalue weighted by molar-refractivity contribution is 6.32. The quantitative estimate of drug-likeness (QED) is 0.782. The Bertz CT molecular complexity index is 514. The summed E-state index contributed by atoms with van der Waals surface area (Å²) in [5.41, 5.74) is 0.223. The van der Waals surface area contributed by atoms with Gasteiger partial charge in [-0.3, -0.25) is 4.79 Å². The van der Waals surface area contributed by atoms with Gasteiger partial charge in [0.05, 0.1) is 23.6 Å². The van der Waals surface area contributed by atoms with Crippen molar-refractivity contribution in [3.05, 3.63) is 28.3 Å². The van der Waals surface area contributed by atoms with Crippen LogP contribution in [0.5, 0.6) is 5.75 Å². The Morgan fingerprint density at radius 3 is 2.74 bits per heavy atom. The summed E-state index contributed by atoms with van der Waals surface area (Å²) in [7, 11) is 0. The number of ether oxygens (including phenoxy) is 2. The van der Waals surface area contributed by atoms with Gasteiger partial charge in [0, 0.05) is 6.07 Å². The third kappa shape index (κ3) is 4.38. The van der Waals surface area contributed by atoms with Gasteiger partial charge in [0.25, 0.3) is 0 Å². The van der Waals surface area contributed by atoms with E-state index in [1.165, 1.54) is 6.07 Å². The number of rotatable bonds is 5. The van der Waals surface area contributed by atoms with Crippen LogP contribution in [0, 0.1) is 11.3 Å². The first-order chi connectivity index (χ1) is 8.97. The summed E-state index contributed by atoms with van der Waals surface area (Å²) in [6, 6.07) is 4.08. The second kappa shape index (κ2) is 6.90. The molecule has 0 aromatic heterocycles. The van der Waals surface area contributed by atoms with Gasteiger partial charge in [0.2, 0.25) is 0 Å². The third-order valence-electron chi connectivity index (χ3n) is 2.12. The second-order valence-corrected chi connectivity index (χ2v) is 3.82. The first-order valence-electron chi connectivity index (χ1n) is 5.30. The fraction of sp³-hybridized carbons (Fsp3) is 0.333. The molecular weight excluding hydrogens is 280 g/mol. The number of hydrogen-bond acceptors (Lipinski definition) is 4. The highest BCUT2D eigenvalue weighted by Gasteiger charge is 2.15. The molecule has 7 heteroatoms. The van der Waals surface area contributed by atoms with E-state index < -0.39 is 12.6 Å². The normalized spacial score (nSPS) is 10.1. The molecule has 0 saturated carbocycles. The first-order valence-corrected chi connectivity index (χ1v) is 5.68. The van der Waals surface area contributed by atoms with Gasteiger partial charge in [0.15, 0.2) is 0 Å². The summed E-state index contributed by atoms with van der Waals surface area (Å²) in [6.07, 6.45) is -0.239. The monoisotopic (exact) mass is 289 g/mol. The van der Waals surface area contributed by atoms with Gasteiger partial charge in [-0.25, -0.2) is 0 Å². The molecule has 0 bridgehead atoms. The first kappa shape index (κ1) is 15.2. The molecule has 0 fully saturated rings. The van der Waals surface area contributed by atoms with Gasteiger partial charge in [-0.05, 0) is 18.6 Å². The smallest absolute Gasteiger partial charge is 0.387 e. The number of alkyl halides is 2. The zero-order chi connectivity index (χ0) is 14.4. The Balaban J connectivity index is 3.08. The molecule has 0 amide bonds. The van der Waals surface area contributed by atoms with E-state index in [4.69, 9.17) is 21.6 Å². The minimum Gasteiger partial charge on any atom is -0.466 e. The summed E-state index contributed by atoms with van der Waals surface area (Å²) in [4.78, 5) is 11.4. The van der Waals surface area contributed by atoms with E-state index in [2.05, 4.69) is 4.74 Å². The second-order valence-electron chi connectivity index (χ2n) is 3.41. The maximum Gasteiger partial charge on any atom is 0.387 e. The molecular formula is C12H10ClF2NO3. The molecule has 0 N–H and O–H groups in total. The topological polar surface area (TPSA) is 59.3 Å². The van der Waals surface area contributed by atoms with Crippen LogP contribution in [-0.2, 0) is 16.0 Å². The van der Waals surface area contributed by atoms with Crippen LogP contribution in [-0.4, -0.2) is 19.2 Å². The summed E-state index contributed by atoms with van der Waals surface area (Å²) in [6.45, 7) is -1.20. The van der Waals surface area contributed by atoms with Crippen molar-refractivity contribution in [3.8, 4) is 11.8 Å². The van der Waals surface area contributed by atoms with E-state index in [0.717, 1.165) is 6.07 Å². The highest BCUT2D eigenvalue weighted by atomic mass is 35.5. The fourth-order valence-electron chi connectivity index (χ4n) is 1.44. The van der Waals surface area contributed by atoms with Crippen molar-refractivity contribution in [2.45, 2.75) is 20.0 Å². The number of esters is 1. The number of carbonyl (C=O) groups excluding carboxylic acids is 1. The van der Waals surface area contributed by atoms with Crippen molar-refractivity contribution in [3.63, 3.8) is 0 Å². The number of halogens is 3. The zero-order valence-corrected chi connectivity index (χ0v) is 10.7. The van der Waals surface area contributed by atoms with E-state index in [0.29, 0.717) is 0 Å². The maximum atomic E-state index is 12.1. The predicted molar refractivity (Wildman–Crippen MR) is 63.1 cm³/mol. The van der Waals surface area contributed by atoms with Crippen molar-refractivity contribution in [2.75, 3.05) is 6.61 Å². The zero-order valence-electron chi connectivity index (χ0n) is 9.95. The van der Waals surface area contributed by atoms with Crippen LogP contribution in [0.25, 0.3) is 0 Å². The number of nitrogens with zero attached hydrogens (tertiary/aromatic N) is 1. The molecule has 1 aromatic carbocycles. The number of carbonyl (C=O) groups is 1. The summed E-state index contributed by atoms with van der Waals surface area (Å²) < 4.78 is 33.2. The van der Waals surface area contributed by atoms with Gasteiger partial charge < -0.3 is 9.47 Å². The van der Waals surface area contributed by atoms with Crippen molar-refractivity contribution in [1.82, 2.24) is 0 Å². The van der Waals surface area contributed by atoms with Gasteiger partial charge in [-0.2, -0.15) is 14.0 Å². The molecule has 0 aliphatic heterocycles. The number of benzene rings is 1. The lowest BCUT2D eigenvalue weighted by molar-refractivity contribution is -0.142. The van der Waals surface area contributed by atoms with Crippen molar-refractivity contribution < 1.29 is 23.0 Å². The van der Waals surface area contributed by atoms with Crippen LogP contribution in [0.1, 0.15) is 18.1 Å². The average Bonchev–Trinajstić information content (AvgIpc) is 2.27. The molecule has 102 valence electrons. The lowest BCUT2D eigenvalue weighted by Gasteiger charge is -2.10. The Labute approximate surface area is 113 Å². The third-order valence-corrected chi connectivity index (χ3v) is 2.42. The molecule has 0 heterocycles. The summed E-state index contributed by atoms with van der Waals surface area (Å²) in [5, 5.41) is 8.88. The van der Waals surface area contributed by atoms with E-state index in [-0.39, 0.29) is 34.9 Å². The molecule has 0 atom stereocenters. The van der Waals surface area contributed by atoms with Crippen LogP contribution >= 0.6 is 11.6 Å². The van der Waals surface area contributed by atoms with Crippen LogP contribution in [0.4, 0.5) is 8.78 Å². The number of nitriles is 1. The molecule has 0 radical (unpaired) electrons. The van der Waals surface area contributed by atoms with Gasteiger partial charge in [-0.1, -0.05) is 11.6 Å². The van der Waals surface area contributed by atoms with Crippen LogP contribution in [0.15, 0.2) is 12.1 Å². The SMILES string of the molecule is CCOC(=O)Cc1cc(OC(F)F)cc(Cl)c1C#N. The Hall–Kier alpha value is -1.87. The van der Waals surface area contributed by atoms with Crippen molar-refractivity contribution in [1.29, 1.82) is 5.26 Å². The van der Waals surface area contributed by atoms with Crippen LogP contribution < -0.4 is 4.74 Å². The van der Waals surface area contributed by atoms with E-state index >= 15 is 0 Å². The fourth-order valence-corrected chi connectivity index (χ4v) is 1.71. The molecule has 19 heavy (non-hydrogen) atoms. The molecule has 0 spiro atoms. The molecule has 1 aromatic rings. The maximum absolute atomic E-state index is 12.1. The van der Waals surface area contributed by atoms with E-state index in [9.17, 15) is 13.6 Å². The van der Waals surface area contributed by atoms with Gasteiger partial charge in [-0.15, -0.1) is 0 Å². The predicted octanol–water partition coefficient (Wildman–Crippen LogP) is 2.92. The lowest BCUT2D eigenvalue weighted by Crippen LogP contribution is -2.10. The molecule has 0 saturated heterocycles. The summed E-state index contributed by atoms with van der Waals surface area (Å²) in [5.74, 6) is -0.789. The Kier molecular flexibility index (Phi) is 5.52. The standard InChI is InChI=1S/C12H10ClF2NO3/c1-2-18-11(17)4-7-3-8(19-12(14)15)5-10(13)9(7)6-16/h3,5,12H,2,4H2,1H3. The summed E-state index contributed by atoms with van der Waals surface area (Å²) >= 11 is 5.78. The highest BCUT2D eigenvalue weighted by Crippen LogP contribution is 2.27. The lowest BCUT2D eigenvalue weighted by atomic mass is 10.0. The van der Waals surface area contributed by atoms with Crippen LogP contribution in [0.3, 0.4) is 0 Å². The van der Waals surface area contributed by atoms with E-state index in [1.807, 2.05) is 6.07 Å². The van der Waals surface area contributed by atoms with Crippen molar-refractivity contribution >= 4 is 17.6 Å². The Morgan fingerprint density at radius 2 is 2.21 bits per heavy atom. The van der Waals surface area contributed by atoms with Gasteiger partial charge in [0.1, 0.15) is 11.8 Å². The molecule has 1 rings (SSSR count). The van der Waals surface area contributed by atoms with Gasteiger partial charge >= 0.3 is 12.6 Å². The van der Waals surface area contributed by atoms with E-state index in [1.54, 1.807) is 6.92 Å². The molecule has 0 aliphatic carbocycles.